The van der Waals surface area contributed by atoms with E-state index in [9.17, 15) is 4.79 Å². The number of rotatable bonds is 4. The van der Waals surface area contributed by atoms with E-state index in [1.807, 2.05) is 6.92 Å². The van der Waals surface area contributed by atoms with Gasteiger partial charge in [0.2, 0.25) is 5.91 Å². The maximum absolute atomic E-state index is 12.0. The van der Waals surface area contributed by atoms with E-state index < -0.39 is 0 Å². The van der Waals surface area contributed by atoms with Gasteiger partial charge in [0.1, 0.15) is 0 Å². The van der Waals surface area contributed by atoms with Gasteiger partial charge in [-0.05, 0) is 25.1 Å². The number of nitrogens with zero attached hydrogens (tertiary/aromatic N) is 3. The highest BCUT2D eigenvalue weighted by molar-refractivity contribution is 5.94. The van der Waals surface area contributed by atoms with Crippen molar-refractivity contribution in [1.29, 1.82) is 0 Å². The average molecular weight is 332 g/mol. The van der Waals surface area contributed by atoms with Gasteiger partial charge in [-0.1, -0.05) is 6.92 Å². The first kappa shape index (κ1) is 19.4. The molecule has 0 saturated heterocycles. The van der Waals surface area contributed by atoms with Crippen LogP contribution in [0.4, 0.5) is 5.69 Å². The highest BCUT2D eigenvalue weighted by Crippen LogP contribution is 2.17. The van der Waals surface area contributed by atoms with Crippen LogP contribution in [0.3, 0.4) is 0 Å². The minimum absolute atomic E-state index is 0. The normalized spacial score (nSPS) is 12.5. The van der Waals surface area contributed by atoms with Crippen LogP contribution in [0.5, 0.6) is 0 Å². The third-order valence-corrected chi connectivity index (χ3v) is 2.97. The fraction of sp³-hybridized carbons (Fsp3) is 0.308. The van der Waals surface area contributed by atoms with Crippen LogP contribution < -0.4 is 11.1 Å². The van der Waals surface area contributed by atoms with E-state index in [0.29, 0.717) is 11.5 Å². The van der Waals surface area contributed by atoms with E-state index in [0.717, 1.165) is 0 Å². The molecule has 2 rings (SSSR count). The van der Waals surface area contributed by atoms with Crippen LogP contribution in [0.15, 0.2) is 36.8 Å². The van der Waals surface area contributed by atoms with E-state index in [2.05, 4.69) is 15.4 Å². The first-order chi connectivity index (χ1) is 9.09. The first-order valence-corrected chi connectivity index (χ1v) is 6.11. The zero-order valence-corrected chi connectivity index (χ0v) is 13.4. The molecule has 2 atom stereocenters. The van der Waals surface area contributed by atoms with E-state index in [-0.39, 0.29) is 42.7 Å². The van der Waals surface area contributed by atoms with Gasteiger partial charge in [-0.25, -0.2) is 9.67 Å². The third-order valence-electron chi connectivity index (χ3n) is 2.97. The van der Waals surface area contributed by atoms with Gasteiger partial charge >= 0.3 is 0 Å². The largest absolute Gasteiger partial charge is 0.327 e. The van der Waals surface area contributed by atoms with Gasteiger partial charge in [0.25, 0.3) is 0 Å². The monoisotopic (exact) mass is 331 g/mol. The lowest BCUT2D eigenvalue weighted by molar-refractivity contribution is -0.119. The number of nitrogens with two attached hydrogens (primary N) is 1. The molecule has 2 aromatic heterocycles. The number of pyridine rings is 1. The van der Waals surface area contributed by atoms with Crippen LogP contribution >= 0.6 is 24.8 Å². The van der Waals surface area contributed by atoms with Crippen molar-refractivity contribution >= 4 is 36.4 Å². The molecule has 21 heavy (non-hydrogen) atoms. The Hall–Kier alpha value is -1.63. The van der Waals surface area contributed by atoms with Gasteiger partial charge in [0, 0.05) is 24.6 Å². The Balaban J connectivity index is 0.00000200. The molecule has 2 aromatic rings. The average Bonchev–Trinajstić information content (AvgIpc) is 2.92. The number of halogens is 2. The highest BCUT2D eigenvalue weighted by Gasteiger charge is 2.18. The van der Waals surface area contributed by atoms with Crippen LogP contribution in [-0.2, 0) is 4.79 Å². The second-order valence-corrected chi connectivity index (χ2v) is 4.46. The molecule has 0 aromatic carbocycles. The van der Waals surface area contributed by atoms with Gasteiger partial charge in [-0.2, -0.15) is 5.10 Å². The molecule has 0 aliphatic heterocycles. The first-order valence-electron chi connectivity index (χ1n) is 6.11. The van der Waals surface area contributed by atoms with Crippen molar-refractivity contribution in [2.75, 3.05) is 5.32 Å². The second kappa shape index (κ2) is 8.61. The second-order valence-electron chi connectivity index (χ2n) is 4.46. The Labute approximate surface area is 135 Å². The standard InChI is InChI=1S/C13H17N5O.2ClH/c1-9(10(2)14)13(19)17-11-5-3-6-15-12(11)18-8-4-7-16-18;;/h3-10H,14H2,1-2H3,(H,17,19);2*1H. The smallest absolute Gasteiger partial charge is 0.228 e. The number of anilines is 1. The van der Waals surface area contributed by atoms with Crippen molar-refractivity contribution in [1.82, 2.24) is 14.8 Å². The van der Waals surface area contributed by atoms with Crippen LogP contribution in [0.25, 0.3) is 5.82 Å². The molecule has 6 nitrogen and oxygen atoms in total. The molecule has 0 spiro atoms. The number of hydrogen-bond donors (Lipinski definition) is 2. The molecule has 0 aliphatic rings. The van der Waals surface area contributed by atoms with Crippen LogP contribution in [-0.4, -0.2) is 26.7 Å². The van der Waals surface area contributed by atoms with E-state index in [4.69, 9.17) is 5.73 Å². The molecule has 0 bridgehead atoms. The van der Waals surface area contributed by atoms with Crippen molar-refractivity contribution in [3.8, 4) is 5.82 Å². The third kappa shape index (κ3) is 4.70. The van der Waals surface area contributed by atoms with Crippen LogP contribution in [0, 0.1) is 5.92 Å². The summed E-state index contributed by atoms with van der Waals surface area (Å²) in [5.41, 5.74) is 6.34. The zero-order valence-electron chi connectivity index (χ0n) is 11.8. The predicted molar refractivity (Wildman–Crippen MR) is 87.3 cm³/mol. The molecule has 0 radical (unpaired) electrons. The summed E-state index contributed by atoms with van der Waals surface area (Å²) in [6, 6.07) is 5.14. The summed E-state index contributed by atoms with van der Waals surface area (Å²) in [5, 5.41) is 6.95. The molecule has 1 amide bonds. The number of carbonyl (C=O) groups is 1. The quantitative estimate of drug-likeness (QED) is 0.897. The molecular formula is C13H19Cl2N5O. The maximum Gasteiger partial charge on any atom is 0.228 e. The van der Waals surface area contributed by atoms with E-state index >= 15 is 0 Å². The molecule has 116 valence electrons. The van der Waals surface area contributed by atoms with Crippen LogP contribution in [0.2, 0.25) is 0 Å². The maximum atomic E-state index is 12.0. The summed E-state index contributed by atoms with van der Waals surface area (Å²) in [6.07, 6.45) is 5.08. The molecule has 0 fully saturated rings. The van der Waals surface area contributed by atoms with Crippen LogP contribution in [0.1, 0.15) is 13.8 Å². The zero-order chi connectivity index (χ0) is 13.8. The minimum Gasteiger partial charge on any atom is -0.327 e. The van der Waals surface area contributed by atoms with Gasteiger partial charge in [-0.15, -0.1) is 24.8 Å². The van der Waals surface area contributed by atoms with Crippen molar-refractivity contribution in [3.63, 3.8) is 0 Å². The summed E-state index contributed by atoms with van der Waals surface area (Å²) in [7, 11) is 0. The number of hydrogen-bond acceptors (Lipinski definition) is 4. The molecule has 3 N–H and O–H groups in total. The van der Waals surface area contributed by atoms with Crippen molar-refractivity contribution in [2.24, 2.45) is 11.7 Å². The summed E-state index contributed by atoms with van der Waals surface area (Å²) in [4.78, 5) is 16.3. The lowest BCUT2D eigenvalue weighted by Crippen LogP contribution is -2.34. The van der Waals surface area contributed by atoms with Crippen molar-refractivity contribution in [2.45, 2.75) is 19.9 Å². The summed E-state index contributed by atoms with van der Waals surface area (Å²) in [5.74, 6) is 0.180. The fourth-order valence-corrected chi connectivity index (χ4v) is 1.56. The fourth-order valence-electron chi connectivity index (χ4n) is 1.56. The van der Waals surface area contributed by atoms with Gasteiger partial charge in [0.05, 0.1) is 11.6 Å². The summed E-state index contributed by atoms with van der Waals surface area (Å²) < 4.78 is 1.60. The Kier molecular flexibility index (Phi) is 7.94. The Bertz CT molecular complexity index is 559. The topological polar surface area (TPSA) is 85.8 Å². The summed E-state index contributed by atoms with van der Waals surface area (Å²) in [6.45, 7) is 3.60. The summed E-state index contributed by atoms with van der Waals surface area (Å²) >= 11 is 0. The number of carbonyl (C=O) groups excluding carboxylic acids is 1. The molecule has 0 saturated carbocycles. The number of amides is 1. The van der Waals surface area contributed by atoms with Gasteiger partial charge < -0.3 is 11.1 Å². The lowest BCUT2D eigenvalue weighted by atomic mass is 10.0. The molecule has 2 unspecified atom stereocenters. The Morgan fingerprint density at radius 3 is 2.57 bits per heavy atom. The van der Waals surface area contributed by atoms with Crippen molar-refractivity contribution in [3.05, 3.63) is 36.8 Å². The van der Waals surface area contributed by atoms with E-state index in [1.165, 1.54) is 0 Å². The van der Waals surface area contributed by atoms with Gasteiger partial charge in [0.15, 0.2) is 5.82 Å². The predicted octanol–water partition coefficient (Wildman–Crippen LogP) is 2.03. The number of nitrogens with one attached hydrogen (secondary N) is 1. The molecule has 0 aliphatic carbocycles. The molecular weight excluding hydrogens is 313 g/mol. The highest BCUT2D eigenvalue weighted by atomic mass is 35.5. The van der Waals surface area contributed by atoms with E-state index in [1.54, 1.807) is 48.4 Å². The Morgan fingerprint density at radius 1 is 1.29 bits per heavy atom. The lowest BCUT2D eigenvalue weighted by Gasteiger charge is -2.16. The SMILES string of the molecule is CC(N)C(C)C(=O)Nc1cccnc1-n1cccn1.Cl.Cl. The Morgan fingerprint density at radius 2 is 2.00 bits per heavy atom. The molecule has 2 heterocycles. The molecule has 8 heteroatoms. The number of aromatic nitrogens is 3. The van der Waals surface area contributed by atoms with Crippen molar-refractivity contribution < 1.29 is 4.79 Å². The minimum atomic E-state index is -0.273. The van der Waals surface area contributed by atoms with Gasteiger partial charge in [-0.3, -0.25) is 4.79 Å².